The van der Waals surface area contributed by atoms with Gasteiger partial charge in [-0.3, -0.25) is 14.4 Å². The van der Waals surface area contributed by atoms with Crippen molar-refractivity contribution < 1.29 is 28.7 Å². The first-order chi connectivity index (χ1) is 13.4. The van der Waals surface area contributed by atoms with E-state index in [2.05, 4.69) is 5.32 Å². The van der Waals surface area contributed by atoms with Gasteiger partial charge in [0.05, 0.1) is 5.69 Å². The van der Waals surface area contributed by atoms with Crippen LogP contribution in [0.3, 0.4) is 0 Å². The fourth-order valence-electron chi connectivity index (χ4n) is 2.36. The third-order valence-corrected chi connectivity index (χ3v) is 3.80. The van der Waals surface area contributed by atoms with Gasteiger partial charge >= 0.3 is 5.97 Å². The van der Waals surface area contributed by atoms with Crippen LogP contribution in [0.1, 0.15) is 41.0 Å². The highest BCUT2D eigenvalue weighted by Gasteiger charge is 2.12. The Balaban J connectivity index is 1.79. The van der Waals surface area contributed by atoms with Gasteiger partial charge in [0.25, 0.3) is 5.91 Å². The van der Waals surface area contributed by atoms with Crippen molar-refractivity contribution in [1.82, 2.24) is 0 Å². The molecule has 2 rings (SSSR count). The van der Waals surface area contributed by atoms with E-state index in [9.17, 15) is 19.2 Å². The van der Waals surface area contributed by atoms with Crippen LogP contribution in [0.15, 0.2) is 48.5 Å². The van der Waals surface area contributed by atoms with Crippen LogP contribution in [0.2, 0.25) is 0 Å². The molecule has 146 valence electrons. The largest absolute Gasteiger partial charge is 0.482 e. The van der Waals surface area contributed by atoms with E-state index in [-0.39, 0.29) is 18.2 Å². The number of amides is 1. The van der Waals surface area contributed by atoms with Gasteiger partial charge in [-0.1, -0.05) is 19.1 Å². The second-order valence-corrected chi connectivity index (χ2v) is 5.90. The lowest BCUT2D eigenvalue weighted by atomic mass is 10.1. The van der Waals surface area contributed by atoms with Crippen LogP contribution in [0, 0.1) is 0 Å². The summed E-state index contributed by atoms with van der Waals surface area (Å²) in [7, 11) is 0. The van der Waals surface area contributed by atoms with Gasteiger partial charge in [-0.25, -0.2) is 4.79 Å². The van der Waals surface area contributed by atoms with Crippen LogP contribution in [0.25, 0.3) is 0 Å². The molecule has 1 N–H and O–H groups in total. The predicted octanol–water partition coefficient (Wildman–Crippen LogP) is 3.04. The highest BCUT2D eigenvalue weighted by atomic mass is 16.6. The maximum absolute atomic E-state index is 11.9. The molecule has 1 amide bonds. The van der Waals surface area contributed by atoms with Crippen LogP contribution >= 0.6 is 0 Å². The number of carbonyl (C=O) groups is 4. The molecular formula is C21H21NO6. The van der Waals surface area contributed by atoms with Crippen molar-refractivity contribution in [2.45, 2.75) is 20.3 Å². The molecule has 0 atom stereocenters. The molecule has 0 unspecified atom stereocenters. The quantitative estimate of drug-likeness (QED) is 0.528. The van der Waals surface area contributed by atoms with Crippen LogP contribution in [-0.4, -0.2) is 36.7 Å². The van der Waals surface area contributed by atoms with Gasteiger partial charge in [0.15, 0.2) is 24.8 Å². The summed E-state index contributed by atoms with van der Waals surface area (Å²) in [4.78, 5) is 46.8. The fraction of sp³-hybridized carbons (Fsp3) is 0.238. The predicted molar refractivity (Wildman–Crippen MR) is 103 cm³/mol. The van der Waals surface area contributed by atoms with Gasteiger partial charge < -0.3 is 14.8 Å². The normalized spacial score (nSPS) is 10.1. The maximum Gasteiger partial charge on any atom is 0.344 e. The molecule has 0 fully saturated rings. The minimum absolute atomic E-state index is 0.0170. The molecular weight excluding hydrogens is 362 g/mol. The van der Waals surface area contributed by atoms with E-state index in [0.717, 1.165) is 0 Å². The summed E-state index contributed by atoms with van der Waals surface area (Å²) in [6, 6.07) is 13.0. The molecule has 2 aromatic rings. The summed E-state index contributed by atoms with van der Waals surface area (Å²) < 4.78 is 10.1. The first-order valence-electron chi connectivity index (χ1n) is 8.72. The molecule has 0 aromatic heterocycles. The average molecular weight is 383 g/mol. The molecule has 0 bridgehead atoms. The minimum atomic E-state index is -0.719. The van der Waals surface area contributed by atoms with Gasteiger partial charge in [0, 0.05) is 17.5 Å². The minimum Gasteiger partial charge on any atom is -0.482 e. The van der Waals surface area contributed by atoms with Crippen LogP contribution in [0.5, 0.6) is 5.75 Å². The molecule has 0 saturated carbocycles. The number of ether oxygens (including phenoxy) is 2. The summed E-state index contributed by atoms with van der Waals surface area (Å²) in [6.07, 6.45) is 0.408. The molecule has 2 aromatic carbocycles. The third kappa shape index (κ3) is 6.05. The lowest BCUT2D eigenvalue weighted by Gasteiger charge is -2.10. The fourth-order valence-corrected chi connectivity index (χ4v) is 2.36. The SMILES string of the molecule is CCC(=O)c1ccc(OCC(=O)OCC(=O)Nc2ccccc2C(C)=O)cc1. The molecule has 7 heteroatoms. The molecule has 0 spiro atoms. The molecule has 0 aliphatic rings. The van der Waals surface area contributed by atoms with Gasteiger partial charge in [-0.2, -0.15) is 0 Å². The van der Waals surface area contributed by atoms with Crippen molar-refractivity contribution in [3.63, 3.8) is 0 Å². The van der Waals surface area contributed by atoms with Crippen molar-refractivity contribution in [2.75, 3.05) is 18.5 Å². The molecule has 0 saturated heterocycles. The second kappa shape index (κ2) is 10.0. The van der Waals surface area contributed by atoms with Gasteiger partial charge in [-0.15, -0.1) is 0 Å². The summed E-state index contributed by atoms with van der Waals surface area (Å²) in [5.41, 5.74) is 1.30. The first kappa shape index (κ1) is 20.8. The number of hydrogen-bond donors (Lipinski definition) is 1. The van der Waals surface area contributed by atoms with Crippen LogP contribution in [-0.2, 0) is 14.3 Å². The number of hydrogen-bond acceptors (Lipinski definition) is 6. The Morgan fingerprint density at radius 3 is 2.25 bits per heavy atom. The van der Waals surface area contributed by atoms with E-state index in [1.807, 2.05) is 0 Å². The zero-order chi connectivity index (χ0) is 20.5. The van der Waals surface area contributed by atoms with Crippen molar-refractivity contribution in [2.24, 2.45) is 0 Å². The lowest BCUT2D eigenvalue weighted by Crippen LogP contribution is -2.24. The first-order valence-corrected chi connectivity index (χ1v) is 8.72. The zero-order valence-corrected chi connectivity index (χ0v) is 15.7. The third-order valence-electron chi connectivity index (χ3n) is 3.80. The van der Waals surface area contributed by atoms with Gasteiger partial charge in [0.2, 0.25) is 0 Å². The Morgan fingerprint density at radius 1 is 0.929 bits per heavy atom. The maximum atomic E-state index is 11.9. The van der Waals surface area contributed by atoms with Crippen molar-refractivity contribution in [1.29, 1.82) is 0 Å². The van der Waals surface area contributed by atoms with Gasteiger partial charge in [-0.05, 0) is 43.3 Å². The topological polar surface area (TPSA) is 98.8 Å². The number of esters is 1. The van der Waals surface area contributed by atoms with E-state index in [1.54, 1.807) is 55.5 Å². The standard InChI is InChI=1S/C21H21NO6/c1-3-19(24)15-8-10-16(11-9-15)27-13-21(26)28-12-20(25)22-18-7-5-4-6-17(18)14(2)23/h4-11H,3,12-13H2,1-2H3,(H,22,25). The Kier molecular flexibility index (Phi) is 7.45. The van der Waals surface area contributed by atoms with E-state index in [0.29, 0.717) is 29.0 Å². The summed E-state index contributed by atoms with van der Waals surface area (Å²) in [5, 5.41) is 2.53. The summed E-state index contributed by atoms with van der Waals surface area (Å²) in [5.74, 6) is -1.05. The Labute approximate surface area is 162 Å². The van der Waals surface area contributed by atoms with Crippen LogP contribution < -0.4 is 10.1 Å². The number of ketones is 2. The molecule has 7 nitrogen and oxygen atoms in total. The van der Waals surface area contributed by atoms with Crippen molar-refractivity contribution in [3.8, 4) is 5.75 Å². The molecule has 28 heavy (non-hydrogen) atoms. The molecule has 0 aliphatic heterocycles. The highest BCUT2D eigenvalue weighted by molar-refractivity contribution is 6.04. The number of nitrogens with one attached hydrogen (secondary N) is 1. The van der Waals surface area contributed by atoms with Crippen molar-refractivity contribution in [3.05, 3.63) is 59.7 Å². The van der Waals surface area contributed by atoms with E-state index in [4.69, 9.17) is 9.47 Å². The number of rotatable bonds is 9. The van der Waals surface area contributed by atoms with E-state index in [1.165, 1.54) is 6.92 Å². The number of Topliss-reactive ketones (excluding diaryl/α,β-unsaturated/α-hetero) is 2. The highest BCUT2D eigenvalue weighted by Crippen LogP contribution is 2.15. The zero-order valence-electron chi connectivity index (χ0n) is 15.7. The monoisotopic (exact) mass is 383 g/mol. The van der Waals surface area contributed by atoms with Gasteiger partial charge in [0.1, 0.15) is 5.75 Å². The number of para-hydroxylation sites is 1. The summed E-state index contributed by atoms with van der Waals surface area (Å²) in [6.45, 7) is 2.29. The summed E-state index contributed by atoms with van der Waals surface area (Å²) >= 11 is 0. The Hall–Kier alpha value is -3.48. The number of carbonyl (C=O) groups excluding carboxylic acids is 4. The van der Waals surface area contributed by atoms with Crippen LogP contribution in [0.4, 0.5) is 5.69 Å². The smallest absolute Gasteiger partial charge is 0.344 e. The lowest BCUT2D eigenvalue weighted by molar-refractivity contribution is -0.149. The second-order valence-electron chi connectivity index (χ2n) is 5.90. The van der Waals surface area contributed by atoms with E-state index < -0.39 is 18.5 Å². The van der Waals surface area contributed by atoms with Crippen molar-refractivity contribution >= 4 is 29.1 Å². The molecule has 0 aliphatic carbocycles. The van der Waals surface area contributed by atoms with E-state index >= 15 is 0 Å². The Morgan fingerprint density at radius 2 is 1.61 bits per heavy atom. The average Bonchev–Trinajstić information content (AvgIpc) is 2.70. The number of benzene rings is 2. The number of anilines is 1. The molecule has 0 radical (unpaired) electrons. The Bertz CT molecular complexity index is 873. The molecule has 0 heterocycles.